The number of hydrogen-bond acceptors (Lipinski definition) is 4. The molecule has 0 saturated carbocycles. The van der Waals surface area contributed by atoms with Crippen molar-refractivity contribution in [1.82, 2.24) is 10.2 Å². The molecule has 2 aromatic rings. The summed E-state index contributed by atoms with van der Waals surface area (Å²) in [6.07, 6.45) is -4.31. The fraction of sp³-hybridized carbons (Fsp3) is 0.273. The number of aromatic nitrogens is 2. The molecule has 0 spiro atoms. The molecule has 1 aromatic heterocycles. The summed E-state index contributed by atoms with van der Waals surface area (Å²) in [5.41, 5.74) is -0.0349. The van der Waals surface area contributed by atoms with Crippen LogP contribution >= 0.6 is 11.3 Å². The van der Waals surface area contributed by atoms with Crippen LogP contribution in [0.5, 0.6) is 0 Å². The van der Waals surface area contributed by atoms with E-state index in [0.717, 1.165) is 18.7 Å². The Kier molecular flexibility index (Phi) is 3.51. The van der Waals surface area contributed by atoms with Crippen LogP contribution in [0.15, 0.2) is 24.3 Å². The predicted molar refractivity (Wildman–Crippen MR) is 64.5 cm³/mol. The van der Waals surface area contributed by atoms with Gasteiger partial charge in [-0.3, -0.25) is 0 Å². The number of hydrogen-bond donors (Lipinski definition) is 1. The van der Waals surface area contributed by atoms with E-state index in [4.69, 9.17) is 0 Å². The highest BCUT2D eigenvalue weighted by atomic mass is 32.1. The molecule has 0 atom stereocenters. The lowest BCUT2D eigenvalue weighted by molar-refractivity contribution is -0.137. The van der Waals surface area contributed by atoms with Crippen LogP contribution in [0.25, 0.3) is 10.6 Å². The second kappa shape index (κ2) is 4.93. The van der Waals surface area contributed by atoms with Gasteiger partial charge in [0.05, 0.1) is 5.56 Å². The maximum atomic E-state index is 12.4. The summed E-state index contributed by atoms with van der Waals surface area (Å²) in [6.45, 7) is 2.65. The van der Waals surface area contributed by atoms with E-state index in [0.29, 0.717) is 15.7 Å². The van der Waals surface area contributed by atoms with Gasteiger partial charge < -0.3 is 5.32 Å². The van der Waals surface area contributed by atoms with E-state index in [2.05, 4.69) is 15.5 Å². The van der Waals surface area contributed by atoms with Crippen LogP contribution < -0.4 is 5.32 Å². The highest BCUT2D eigenvalue weighted by Crippen LogP contribution is 2.32. The first-order valence-electron chi connectivity index (χ1n) is 5.25. The summed E-state index contributed by atoms with van der Waals surface area (Å²) in [5, 5.41) is 12.1. The van der Waals surface area contributed by atoms with E-state index in [1.165, 1.54) is 23.5 Å². The minimum atomic E-state index is -4.31. The lowest BCUT2D eigenvalue weighted by Crippen LogP contribution is -2.03. The molecule has 0 radical (unpaired) electrons. The van der Waals surface area contributed by atoms with Crippen molar-refractivity contribution in [2.45, 2.75) is 13.1 Å². The van der Waals surface area contributed by atoms with Crippen LogP contribution in [0.1, 0.15) is 12.5 Å². The van der Waals surface area contributed by atoms with Gasteiger partial charge in [0.1, 0.15) is 5.01 Å². The highest BCUT2D eigenvalue weighted by molar-refractivity contribution is 7.18. The third-order valence-corrected chi connectivity index (χ3v) is 3.14. The van der Waals surface area contributed by atoms with E-state index in [9.17, 15) is 13.2 Å². The van der Waals surface area contributed by atoms with Crippen LogP contribution in [-0.2, 0) is 6.18 Å². The Labute approximate surface area is 106 Å². The lowest BCUT2D eigenvalue weighted by Gasteiger charge is -2.06. The molecule has 0 bridgehead atoms. The van der Waals surface area contributed by atoms with Gasteiger partial charge in [0.15, 0.2) is 0 Å². The highest BCUT2D eigenvalue weighted by Gasteiger charge is 2.30. The van der Waals surface area contributed by atoms with Crippen molar-refractivity contribution >= 4 is 16.5 Å². The first kappa shape index (κ1) is 12.8. The Balaban J connectivity index is 2.23. The third kappa shape index (κ3) is 2.79. The van der Waals surface area contributed by atoms with Gasteiger partial charge in [-0.2, -0.15) is 13.2 Å². The minimum absolute atomic E-state index is 0.597. The van der Waals surface area contributed by atoms with Gasteiger partial charge >= 0.3 is 6.18 Å². The van der Waals surface area contributed by atoms with Crippen LogP contribution in [-0.4, -0.2) is 16.7 Å². The molecule has 0 unspecified atom stereocenters. The fourth-order valence-electron chi connectivity index (χ4n) is 1.36. The van der Waals surface area contributed by atoms with Gasteiger partial charge in [0.25, 0.3) is 0 Å². The zero-order valence-electron chi connectivity index (χ0n) is 9.45. The lowest BCUT2D eigenvalue weighted by atomic mass is 10.1. The van der Waals surface area contributed by atoms with Crippen molar-refractivity contribution in [3.8, 4) is 10.6 Å². The molecule has 0 amide bonds. The van der Waals surface area contributed by atoms with Gasteiger partial charge in [0.2, 0.25) is 5.13 Å². The quantitative estimate of drug-likeness (QED) is 0.927. The van der Waals surface area contributed by atoms with E-state index in [-0.39, 0.29) is 0 Å². The molecule has 1 heterocycles. The van der Waals surface area contributed by atoms with E-state index >= 15 is 0 Å². The monoisotopic (exact) mass is 273 g/mol. The number of nitrogens with one attached hydrogen (secondary N) is 1. The van der Waals surface area contributed by atoms with E-state index in [1.54, 1.807) is 0 Å². The summed E-state index contributed by atoms with van der Waals surface area (Å²) in [4.78, 5) is 0. The molecule has 2 rings (SSSR count). The zero-order valence-corrected chi connectivity index (χ0v) is 10.3. The zero-order chi connectivity index (χ0) is 13.2. The molecule has 96 valence electrons. The summed E-state index contributed by atoms with van der Waals surface area (Å²) < 4.78 is 37.2. The standard InChI is InChI=1S/C11H10F3N3S/c1-2-15-10-17-16-9(18-10)7-3-5-8(6-4-7)11(12,13)14/h3-6H,2H2,1H3,(H,15,17). The first-order valence-corrected chi connectivity index (χ1v) is 6.07. The van der Waals surface area contributed by atoms with Gasteiger partial charge in [-0.15, -0.1) is 10.2 Å². The SMILES string of the molecule is CCNc1nnc(-c2ccc(C(F)(F)F)cc2)s1. The number of alkyl halides is 3. The molecule has 0 aliphatic carbocycles. The Hall–Kier alpha value is -1.63. The van der Waals surface area contributed by atoms with Crippen molar-refractivity contribution in [2.75, 3.05) is 11.9 Å². The van der Waals surface area contributed by atoms with Gasteiger partial charge in [0, 0.05) is 12.1 Å². The number of anilines is 1. The molecule has 0 aliphatic rings. The van der Waals surface area contributed by atoms with Crippen molar-refractivity contribution in [2.24, 2.45) is 0 Å². The van der Waals surface area contributed by atoms with Crippen LogP contribution in [0, 0.1) is 0 Å². The largest absolute Gasteiger partial charge is 0.416 e. The minimum Gasteiger partial charge on any atom is -0.360 e. The molecule has 0 fully saturated rings. The molecule has 7 heteroatoms. The smallest absolute Gasteiger partial charge is 0.360 e. The van der Waals surface area contributed by atoms with Crippen molar-refractivity contribution in [3.63, 3.8) is 0 Å². The molecule has 0 saturated heterocycles. The topological polar surface area (TPSA) is 37.8 Å². The predicted octanol–water partition coefficient (Wildman–Crippen LogP) is 3.66. The Bertz CT molecular complexity index is 519. The average molecular weight is 273 g/mol. The Morgan fingerprint density at radius 3 is 2.39 bits per heavy atom. The second-order valence-corrected chi connectivity index (χ2v) is 4.50. The van der Waals surface area contributed by atoms with E-state index in [1.807, 2.05) is 6.92 Å². The van der Waals surface area contributed by atoms with Crippen molar-refractivity contribution < 1.29 is 13.2 Å². The molecule has 0 aliphatic heterocycles. The van der Waals surface area contributed by atoms with Gasteiger partial charge in [-0.25, -0.2) is 0 Å². The molecular formula is C11H10F3N3S. The maximum Gasteiger partial charge on any atom is 0.416 e. The first-order chi connectivity index (χ1) is 8.50. The number of rotatable bonds is 3. The fourth-order valence-corrected chi connectivity index (χ4v) is 2.18. The van der Waals surface area contributed by atoms with Crippen molar-refractivity contribution in [1.29, 1.82) is 0 Å². The molecule has 1 aromatic carbocycles. The average Bonchev–Trinajstić information content (AvgIpc) is 2.77. The van der Waals surface area contributed by atoms with Gasteiger partial charge in [-0.1, -0.05) is 23.5 Å². The maximum absolute atomic E-state index is 12.4. The summed E-state index contributed by atoms with van der Waals surface area (Å²) >= 11 is 1.31. The normalized spacial score (nSPS) is 11.6. The van der Waals surface area contributed by atoms with Crippen LogP contribution in [0.3, 0.4) is 0 Å². The number of halogens is 3. The number of nitrogens with zero attached hydrogens (tertiary/aromatic N) is 2. The second-order valence-electron chi connectivity index (χ2n) is 3.52. The van der Waals surface area contributed by atoms with Crippen LogP contribution in [0.2, 0.25) is 0 Å². The summed E-state index contributed by atoms with van der Waals surface area (Å²) in [6, 6.07) is 4.89. The molecule has 18 heavy (non-hydrogen) atoms. The third-order valence-electron chi connectivity index (χ3n) is 2.21. The van der Waals surface area contributed by atoms with Crippen molar-refractivity contribution in [3.05, 3.63) is 29.8 Å². The molecular weight excluding hydrogens is 263 g/mol. The summed E-state index contributed by atoms with van der Waals surface area (Å²) in [7, 11) is 0. The number of benzene rings is 1. The Morgan fingerprint density at radius 2 is 1.83 bits per heavy atom. The van der Waals surface area contributed by atoms with E-state index < -0.39 is 11.7 Å². The van der Waals surface area contributed by atoms with Gasteiger partial charge in [-0.05, 0) is 19.1 Å². The summed E-state index contributed by atoms with van der Waals surface area (Å²) in [5.74, 6) is 0. The Morgan fingerprint density at radius 1 is 1.17 bits per heavy atom. The molecule has 1 N–H and O–H groups in total. The molecule has 3 nitrogen and oxygen atoms in total. The van der Waals surface area contributed by atoms with Crippen LogP contribution in [0.4, 0.5) is 18.3 Å².